The molecule has 0 saturated carbocycles. The SMILES string of the molecule is Cn1c(C2CCC(C(=O)O)O2)nc2ccccc21. The topological polar surface area (TPSA) is 64.4 Å². The molecule has 1 saturated heterocycles. The van der Waals surface area contributed by atoms with Crippen LogP contribution in [0.1, 0.15) is 24.8 Å². The summed E-state index contributed by atoms with van der Waals surface area (Å²) in [5, 5.41) is 8.93. The molecule has 2 aromatic rings. The molecule has 3 rings (SSSR count). The van der Waals surface area contributed by atoms with E-state index in [-0.39, 0.29) is 6.10 Å². The van der Waals surface area contributed by atoms with E-state index in [2.05, 4.69) is 4.98 Å². The molecule has 2 atom stereocenters. The van der Waals surface area contributed by atoms with Gasteiger partial charge in [-0.3, -0.25) is 0 Å². The van der Waals surface area contributed by atoms with Crippen molar-refractivity contribution in [3.63, 3.8) is 0 Å². The van der Waals surface area contributed by atoms with E-state index in [1.54, 1.807) is 0 Å². The summed E-state index contributed by atoms with van der Waals surface area (Å²) in [7, 11) is 1.93. The van der Waals surface area contributed by atoms with E-state index >= 15 is 0 Å². The highest BCUT2D eigenvalue weighted by atomic mass is 16.5. The molecule has 0 aliphatic carbocycles. The number of para-hydroxylation sites is 2. The summed E-state index contributed by atoms with van der Waals surface area (Å²) in [6.45, 7) is 0. The average molecular weight is 246 g/mol. The Morgan fingerprint density at radius 1 is 1.44 bits per heavy atom. The van der Waals surface area contributed by atoms with Crippen LogP contribution >= 0.6 is 0 Å². The Balaban J connectivity index is 1.96. The number of aromatic nitrogens is 2. The number of carboxylic acids is 1. The normalized spacial score (nSPS) is 23.6. The molecule has 94 valence electrons. The van der Waals surface area contributed by atoms with Gasteiger partial charge in [0, 0.05) is 7.05 Å². The Morgan fingerprint density at radius 3 is 2.89 bits per heavy atom. The summed E-state index contributed by atoms with van der Waals surface area (Å²) in [5.74, 6) is -0.0868. The van der Waals surface area contributed by atoms with Gasteiger partial charge in [-0.15, -0.1) is 0 Å². The molecule has 0 bridgehead atoms. The van der Waals surface area contributed by atoms with Crippen molar-refractivity contribution in [3.8, 4) is 0 Å². The molecule has 2 unspecified atom stereocenters. The van der Waals surface area contributed by atoms with Gasteiger partial charge in [-0.25, -0.2) is 9.78 Å². The highest BCUT2D eigenvalue weighted by Crippen LogP contribution is 2.33. The largest absolute Gasteiger partial charge is 0.479 e. The predicted molar refractivity (Wildman–Crippen MR) is 65.2 cm³/mol. The molecule has 1 aromatic heterocycles. The van der Waals surface area contributed by atoms with Crippen LogP contribution in [0.3, 0.4) is 0 Å². The van der Waals surface area contributed by atoms with E-state index in [1.165, 1.54) is 0 Å². The zero-order chi connectivity index (χ0) is 12.7. The number of hydrogen-bond acceptors (Lipinski definition) is 3. The Labute approximate surface area is 104 Å². The number of aryl methyl sites for hydroxylation is 1. The number of rotatable bonds is 2. The maximum Gasteiger partial charge on any atom is 0.332 e. The monoisotopic (exact) mass is 246 g/mol. The minimum absolute atomic E-state index is 0.219. The van der Waals surface area contributed by atoms with Gasteiger partial charge in [-0.05, 0) is 25.0 Å². The molecule has 2 heterocycles. The third-order valence-electron chi connectivity index (χ3n) is 3.40. The Kier molecular flexibility index (Phi) is 2.56. The fourth-order valence-electron chi connectivity index (χ4n) is 2.46. The smallest absolute Gasteiger partial charge is 0.332 e. The van der Waals surface area contributed by atoms with E-state index in [9.17, 15) is 4.79 Å². The van der Waals surface area contributed by atoms with Crippen LogP contribution in [0, 0.1) is 0 Å². The minimum Gasteiger partial charge on any atom is -0.479 e. The number of carbonyl (C=O) groups is 1. The van der Waals surface area contributed by atoms with Crippen molar-refractivity contribution in [2.24, 2.45) is 7.05 Å². The van der Waals surface area contributed by atoms with E-state index in [1.807, 2.05) is 35.9 Å². The average Bonchev–Trinajstić information content (AvgIpc) is 2.95. The van der Waals surface area contributed by atoms with Gasteiger partial charge >= 0.3 is 5.97 Å². The van der Waals surface area contributed by atoms with Crippen molar-refractivity contribution in [1.29, 1.82) is 0 Å². The van der Waals surface area contributed by atoms with Crippen LogP contribution < -0.4 is 0 Å². The Morgan fingerprint density at radius 2 is 2.22 bits per heavy atom. The van der Waals surface area contributed by atoms with Crippen LogP contribution in [0.5, 0.6) is 0 Å². The number of benzene rings is 1. The van der Waals surface area contributed by atoms with Gasteiger partial charge in [0.05, 0.1) is 11.0 Å². The van der Waals surface area contributed by atoms with Gasteiger partial charge in [-0.2, -0.15) is 0 Å². The number of imidazole rings is 1. The Bertz CT molecular complexity index is 605. The lowest BCUT2D eigenvalue weighted by atomic mass is 10.2. The highest BCUT2D eigenvalue weighted by Gasteiger charge is 2.33. The number of aliphatic carboxylic acids is 1. The number of hydrogen-bond donors (Lipinski definition) is 1. The maximum atomic E-state index is 10.9. The second-order valence-electron chi connectivity index (χ2n) is 4.55. The third kappa shape index (κ3) is 1.67. The quantitative estimate of drug-likeness (QED) is 0.878. The first-order valence-corrected chi connectivity index (χ1v) is 5.96. The standard InChI is InChI=1S/C13H14N2O3/c1-15-9-5-3-2-4-8(9)14-12(15)10-6-7-11(18-10)13(16)17/h2-5,10-11H,6-7H2,1H3,(H,16,17). The molecule has 1 fully saturated rings. The van der Waals surface area contributed by atoms with E-state index in [0.717, 1.165) is 16.9 Å². The molecule has 5 heteroatoms. The predicted octanol–water partition coefficient (Wildman–Crippen LogP) is 1.88. The molecule has 0 amide bonds. The molecule has 18 heavy (non-hydrogen) atoms. The zero-order valence-electron chi connectivity index (χ0n) is 10.0. The number of nitrogens with zero attached hydrogens (tertiary/aromatic N) is 2. The van der Waals surface area contributed by atoms with E-state index in [0.29, 0.717) is 12.8 Å². The number of carboxylic acid groups (broad SMARTS) is 1. The van der Waals surface area contributed by atoms with Gasteiger partial charge in [0.1, 0.15) is 11.9 Å². The lowest BCUT2D eigenvalue weighted by Crippen LogP contribution is -2.19. The molecular weight excluding hydrogens is 232 g/mol. The Hall–Kier alpha value is -1.88. The van der Waals surface area contributed by atoms with Crippen LogP contribution in [0.2, 0.25) is 0 Å². The molecule has 1 aromatic carbocycles. The second kappa shape index (κ2) is 4.10. The van der Waals surface area contributed by atoms with Gasteiger partial charge < -0.3 is 14.4 Å². The molecule has 0 spiro atoms. The highest BCUT2D eigenvalue weighted by molar-refractivity contribution is 5.76. The first-order valence-electron chi connectivity index (χ1n) is 5.96. The summed E-state index contributed by atoms with van der Waals surface area (Å²) >= 11 is 0. The van der Waals surface area contributed by atoms with Crippen molar-refractivity contribution >= 4 is 17.0 Å². The van der Waals surface area contributed by atoms with Crippen molar-refractivity contribution in [2.75, 3.05) is 0 Å². The van der Waals surface area contributed by atoms with Crippen LogP contribution in [0.4, 0.5) is 0 Å². The lowest BCUT2D eigenvalue weighted by Gasteiger charge is -2.10. The molecule has 1 aliphatic rings. The molecule has 1 N–H and O–H groups in total. The van der Waals surface area contributed by atoms with Gasteiger partial charge in [0.25, 0.3) is 0 Å². The maximum absolute atomic E-state index is 10.9. The first kappa shape index (κ1) is 11.2. The van der Waals surface area contributed by atoms with Crippen LogP contribution in [0.15, 0.2) is 24.3 Å². The van der Waals surface area contributed by atoms with Crippen molar-refractivity contribution in [1.82, 2.24) is 9.55 Å². The minimum atomic E-state index is -0.892. The molecule has 0 radical (unpaired) electrons. The fraction of sp³-hybridized carbons (Fsp3) is 0.385. The van der Waals surface area contributed by atoms with Crippen LogP contribution in [0.25, 0.3) is 11.0 Å². The van der Waals surface area contributed by atoms with E-state index in [4.69, 9.17) is 9.84 Å². The summed E-state index contributed by atoms with van der Waals surface area (Å²) in [6.07, 6.45) is 0.329. The van der Waals surface area contributed by atoms with Gasteiger partial charge in [0.15, 0.2) is 6.10 Å². The first-order chi connectivity index (χ1) is 8.66. The molecular formula is C13H14N2O3. The third-order valence-corrected chi connectivity index (χ3v) is 3.40. The number of ether oxygens (including phenoxy) is 1. The zero-order valence-corrected chi connectivity index (χ0v) is 10.0. The molecule has 5 nitrogen and oxygen atoms in total. The van der Waals surface area contributed by atoms with Crippen LogP contribution in [-0.2, 0) is 16.6 Å². The fourth-order valence-corrected chi connectivity index (χ4v) is 2.46. The summed E-state index contributed by atoms with van der Waals surface area (Å²) < 4.78 is 7.51. The van der Waals surface area contributed by atoms with Gasteiger partial charge in [-0.1, -0.05) is 12.1 Å². The lowest BCUT2D eigenvalue weighted by molar-refractivity contribution is -0.149. The van der Waals surface area contributed by atoms with E-state index < -0.39 is 12.1 Å². The number of fused-ring (bicyclic) bond motifs is 1. The van der Waals surface area contributed by atoms with Crippen molar-refractivity contribution in [3.05, 3.63) is 30.1 Å². The summed E-state index contributed by atoms with van der Waals surface area (Å²) in [4.78, 5) is 15.4. The van der Waals surface area contributed by atoms with Crippen molar-refractivity contribution < 1.29 is 14.6 Å². The van der Waals surface area contributed by atoms with Gasteiger partial charge in [0.2, 0.25) is 0 Å². The second-order valence-corrected chi connectivity index (χ2v) is 4.55. The van der Waals surface area contributed by atoms with Crippen LogP contribution in [-0.4, -0.2) is 26.7 Å². The summed E-state index contributed by atoms with van der Waals surface area (Å²) in [6, 6.07) is 7.84. The summed E-state index contributed by atoms with van der Waals surface area (Å²) in [5.41, 5.74) is 1.95. The van der Waals surface area contributed by atoms with Crippen molar-refractivity contribution in [2.45, 2.75) is 25.0 Å². The molecule has 1 aliphatic heterocycles.